The SMILES string of the molecule is CSOCC(=O)O. The smallest absolute Gasteiger partial charge is 0.331 e. The van der Waals surface area contributed by atoms with Gasteiger partial charge in [0.1, 0.15) is 0 Å². The van der Waals surface area contributed by atoms with Gasteiger partial charge in [-0.2, -0.15) is 0 Å². The van der Waals surface area contributed by atoms with E-state index in [1.165, 1.54) is 0 Å². The summed E-state index contributed by atoms with van der Waals surface area (Å²) in [6, 6.07) is 0. The first-order chi connectivity index (χ1) is 3.27. The van der Waals surface area contributed by atoms with E-state index in [0.717, 1.165) is 12.0 Å². The van der Waals surface area contributed by atoms with Gasteiger partial charge in [0, 0.05) is 6.26 Å². The van der Waals surface area contributed by atoms with Gasteiger partial charge < -0.3 is 9.29 Å². The Morgan fingerprint density at radius 2 is 2.57 bits per heavy atom. The van der Waals surface area contributed by atoms with Crippen molar-refractivity contribution in [3.8, 4) is 0 Å². The van der Waals surface area contributed by atoms with Crippen molar-refractivity contribution in [2.45, 2.75) is 0 Å². The predicted molar refractivity (Wildman–Crippen MR) is 27.1 cm³/mol. The highest BCUT2D eigenvalue weighted by Gasteiger charge is 1.91. The average Bonchev–Trinajstić information content (AvgIpc) is 1.61. The molecule has 4 heteroatoms. The second-order valence-electron chi connectivity index (χ2n) is 0.823. The van der Waals surface area contributed by atoms with E-state index in [1.807, 2.05) is 0 Å². The first kappa shape index (κ1) is 6.78. The molecule has 0 aromatic heterocycles. The van der Waals surface area contributed by atoms with Gasteiger partial charge in [-0.05, 0) is 12.0 Å². The number of carboxylic acid groups (broad SMARTS) is 1. The number of rotatable bonds is 3. The van der Waals surface area contributed by atoms with Crippen molar-refractivity contribution >= 4 is 18.0 Å². The zero-order valence-electron chi connectivity index (χ0n) is 3.88. The monoisotopic (exact) mass is 122 g/mol. The van der Waals surface area contributed by atoms with Crippen LogP contribution in [0.1, 0.15) is 0 Å². The zero-order valence-corrected chi connectivity index (χ0v) is 4.70. The second-order valence-corrected chi connectivity index (χ2v) is 1.39. The van der Waals surface area contributed by atoms with Gasteiger partial charge in [0.2, 0.25) is 0 Å². The Balaban J connectivity index is 2.82. The fraction of sp³-hybridized carbons (Fsp3) is 0.667. The standard InChI is InChI=1S/C3H6O3S/c1-7-6-2-3(4)5/h2H2,1H3,(H,4,5). The van der Waals surface area contributed by atoms with Crippen LogP contribution in [0.2, 0.25) is 0 Å². The number of hydrogen-bond donors (Lipinski definition) is 1. The minimum absolute atomic E-state index is 0.221. The van der Waals surface area contributed by atoms with Crippen molar-refractivity contribution in [1.29, 1.82) is 0 Å². The van der Waals surface area contributed by atoms with E-state index in [1.54, 1.807) is 6.26 Å². The van der Waals surface area contributed by atoms with Crippen LogP contribution in [0.5, 0.6) is 0 Å². The molecule has 0 aromatic rings. The number of carbonyl (C=O) groups is 1. The van der Waals surface area contributed by atoms with Crippen LogP contribution in [0, 0.1) is 0 Å². The third-order valence-electron chi connectivity index (χ3n) is 0.300. The largest absolute Gasteiger partial charge is 0.479 e. The molecule has 0 heterocycles. The topological polar surface area (TPSA) is 46.5 Å². The third kappa shape index (κ3) is 5.78. The summed E-state index contributed by atoms with van der Waals surface area (Å²) in [5, 5.41) is 7.91. The molecular weight excluding hydrogens is 116 g/mol. The van der Waals surface area contributed by atoms with Gasteiger partial charge in [0.25, 0.3) is 0 Å². The lowest BCUT2D eigenvalue weighted by atomic mass is 10.8. The van der Waals surface area contributed by atoms with Crippen molar-refractivity contribution in [2.24, 2.45) is 0 Å². The lowest BCUT2D eigenvalue weighted by Gasteiger charge is -1.88. The Morgan fingerprint density at radius 1 is 2.00 bits per heavy atom. The van der Waals surface area contributed by atoms with E-state index >= 15 is 0 Å². The number of hydrogen-bond acceptors (Lipinski definition) is 3. The van der Waals surface area contributed by atoms with Gasteiger partial charge >= 0.3 is 5.97 Å². The molecule has 0 rings (SSSR count). The Labute approximate surface area is 45.9 Å². The Morgan fingerprint density at radius 3 is 2.71 bits per heavy atom. The molecule has 0 radical (unpaired) electrons. The van der Waals surface area contributed by atoms with Crippen LogP contribution in [0.3, 0.4) is 0 Å². The van der Waals surface area contributed by atoms with Crippen molar-refractivity contribution in [3.05, 3.63) is 0 Å². The summed E-state index contributed by atoms with van der Waals surface area (Å²) in [4.78, 5) is 9.62. The first-order valence-corrected chi connectivity index (χ1v) is 2.79. The molecule has 0 saturated carbocycles. The third-order valence-corrected chi connectivity index (χ3v) is 0.654. The number of carboxylic acids is 1. The molecule has 0 saturated heterocycles. The quantitative estimate of drug-likeness (QED) is 0.549. The van der Waals surface area contributed by atoms with Crippen molar-refractivity contribution in [2.75, 3.05) is 12.9 Å². The molecule has 0 spiro atoms. The summed E-state index contributed by atoms with van der Waals surface area (Å²) >= 11 is 1.05. The van der Waals surface area contributed by atoms with E-state index in [-0.39, 0.29) is 6.61 Å². The van der Waals surface area contributed by atoms with E-state index in [4.69, 9.17) is 5.11 Å². The van der Waals surface area contributed by atoms with Gasteiger partial charge in [-0.1, -0.05) is 0 Å². The summed E-state index contributed by atoms with van der Waals surface area (Å²) in [7, 11) is 0. The van der Waals surface area contributed by atoms with Gasteiger partial charge in [-0.3, -0.25) is 0 Å². The summed E-state index contributed by atoms with van der Waals surface area (Å²) in [6.07, 6.45) is 1.67. The van der Waals surface area contributed by atoms with E-state index in [0.29, 0.717) is 0 Å². The maximum atomic E-state index is 9.62. The summed E-state index contributed by atoms with van der Waals surface area (Å²) in [5.74, 6) is -0.936. The van der Waals surface area contributed by atoms with Crippen molar-refractivity contribution < 1.29 is 14.1 Å². The maximum absolute atomic E-state index is 9.62. The molecule has 0 unspecified atom stereocenters. The Hall–Kier alpha value is -0.220. The molecule has 0 aromatic carbocycles. The summed E-state index contributed by atoms with van der Waals surface area (Å²) in [5.41, 5.74) is 0. The molecule has 0 aliphatic carbocycles. The van der Waals surface area contributed by atoms with Crippen LogP contribution >= 0.6 is 12.0 Å². The van der Waals surface area contributed by atoms with Gasteiger partial charge in [-0.15, -0.1) is 0 Å². The summed E-state index contributed by atoms with van der Waals surface area (Å²) in [6.45, 7) is -0.221. The lowest BCUT2D eigenvalue weighted by molar-refractivity contribution is -0.138. The summed E-state index contributed by atoms with van der Waals surface area (Å²) < 4.78 is 4.41. The normalized spacial score (nSPS) is 8.71. The predicted octanol–water partition coefficient (Wildman–Crippen LogP) is 0.366. The highest BCUT2D eigenvalue weighted by atomic mass is 32.2. The lowest BCUT2D eigenvalue weighted by Crippen LogP contribution is -2.01. The molecule has 0 aliphatic heterocycles. The minimum Gasteiger partial charge on any atom is -0.479 e. The molecule has 0 aliphatic rings. The fourth-order valence-corrected chi connectivity index (χ4v) is 0.328. The molecule has 3 nitrogen and oxygen atoms in total. The van der Waals surface area contributed by atoms with Crippen LogP contribution in [0.15, 0.2) is 0 Å². The van der Waals surface area contributed by atoms with Crippen LogP contribution < -0.4 is 0 Å². The van der Waals surface area contributed by atoms with Gasteiger partial charge in [-0.25, -0.2) is 4.79 Å². The molecule has 7 heavy (non-hydrogen) atoms. The van der Waals surface area contributed by atoms with Crippen LogP contribution in [-0.4, -0.2) is 23.9 Å². The zero-order chi connectivity index (χ0) is 5.70. The van der Waals surface area contributed by atoms with E-state index in [9.17, 15) is 4.79 Å². The van der Waals surface area contributed by atoms with Gasteiger partial charge in [0.05, 0.1) is 0 Å². The average molecular weight is 122 g/mol. The van der Waals surface area contributed by atoms with E-state index in [2.05, 4.69) is 4.18 Å². The van der Waals surface area contributed by atoms with Crippen LogP contribution in [-0.2, 0) is 8.98 Å². The molecule has 1 N–H and O–H groups in total. The van der Waals surface area contributed by atoms with Gasteiger partial charge in [0.15, 0.2) is 6.61 Å². The van der Waals surface area contributed by atoms with Crippen molar-refractivity contribution in [3.63, 3.8) is 0 Å². The maximum Gasteiger partial charge on any atom is 0.331 e. The highest BCUT2D eigenvalue weighted by Crippen LogP contribution is 1.91. The molecule has 42 valence electrons. The highest BCUT2D eigenvalue weighted by molar-refractivity contribution is 7.93. The molecule has 0 amide bonds. The van der Waals surface area contributed by atoms with Crippen LogP contribution in [0.25, 0.3) is 0 Å². The number of aliphatic carboxylic acids is 1. The minimum atomic E-state index is -0.936. The molecule has 0 bridgehead atoms. The Bertz CT molecular complexity index is 63.2. The molecule has 0 fully saturated rings. The second kappa shape index (κ2) is 3.95. The molecule has 0 atom stereocenters. The Kier molecular flexibility index (Phi) is 3.83. The fourth-order valence-electron chi connectivity index (χ4n) is 0.109. The first-order valence-electron chi connectivity index (χ1n) is 1.64. The molecular formula is C3H6O3S. The van der Waals surface area contributed by atoms with Crippen molar-refractivity contribution in [1.82, 2.24) is 0 Å². The van der Waals surface area contributed by atoms with Crippen LogP contribution in [0.4, 0.5) is 0 Å². The van der Waals surface area contributed by atoms with E-state index < -0.39 is 5.97 Å².